The van der Waals surface area contributed by atoms with Crippen LogP contribution >= 0.6 is 11.3 Å². The molecule has 23 heavy (non-hydrogen) atoms. The third-order valence-corrected chi connectivity index (χ3v) is 5.20. The number of anilines is 1. The number of fused-ring (bicyclic) bond motifs is 1. The molecule has 1 heterocycles. The number of nitriles is 1. The molecule has 0 saturated heterocycles. The van der Waals surface area contributed by atoms with Crippen molar-refractivity contribution in [2.24, 2.45) is 0 Å². The maximum Gasteiger partial charge on any atom is 0.249 e. The SMILES string of the molecule is Cc1cccc(/C=C/C(=O)Nc2sc3c(c2C#N)CCCC3)c1. The van der Waals surface area contributed by atoms with Crippen LogP contribution in [0.1, 0.15) is 40.0 Å². The van der Waals surface area contributed by atoms with Crippen LogP contribution in [0.3, 0.4) is 0 Å². The Morgan fingerprint density at radius 1 is 1.35 bits per heavy atom. The number of thiophene rings is 1. The smallest absolute Gasteiger partial charge is 0.249 e. The molecule has 3 rings (SSSR count). The topological polar surface area (TPSA) is 52.9 Å². The van der Waals surface area contributed by atoms with Gasteiger partial charge in [0.05, 0.1) is 5.56 Å². The summed E-state index contributed by atoms with van der Waals surface area (Å²) in [4.78, 5) is 13.4. The molecule has 0 fully saturated rings. The van der Waals surface area contributed by atoms with Gasteiger partial charge in [-0.15, -0.1) is 11.3 Å². The van der Waals surface area contributed by atoms with Crippen LogP contribution in [-0.2, 0) is 17.6 Å². The zero-order valence-electron chi connectivity index (χ0n) is 13.1. The van der Waals surface area contributed by atoms with Crippen molar-refractivity contribution in [1.29, 1.82) is 5.26 Å². The summed E-state index contributed by atoms with van der Waals surface area (Å²) in [5, 5.41) is 13.0. The fraction of sp³-hybridized carbons (Fsp3) is 0.263. The summed E-state index contributed by atoms with van der Waals surface area (Å²) in [5.74, 6) is -0.193. The van der Waals surface area contributed by atoms with Gasteiger partial charge in [0, 0.05) is 11.0 Å². The molecule has 2 aromatic rings. The first kappa shape index (κ1) is 15.5. The summed E-state index contributed by atoms with van der Waals surface area (Å²) in [6.45, 7) is 2.02. The lowest BCUT2D eigenvalue weighted by atomic mass is 9.96. The van der Waals surface area contributed by atoms with Crippen LogP contribution in [0, 0.1) is 18.3 Å². The van der Waals surface area contributed by atoms with Crippen molar-refractivity contribution in [3.05, 3.63) is 57.5 Å². The van der Waals surface area contributed by atoms with E-state index in [-0.39, 0.29) is 5.91 Å². The molecule has 1 aliphatic carbocycles. The number of carbonyl (C=O) groups is 1. The number of carbonyl (C=O) groups excluding carboxylic acids is 1. The van der Waals surface area contributed by atoms with E-state index in [1.54, 1.807) is 17.4 Å². The van der Waals surface area contributed by atoms with Gasteiger partial charge in [0.1, 0.15) is 11.1 Å². The first-order chi connectivity index (χ1) is 11.2. The monoisotopic (exact) mass is 322 g/mol. The molecule has 0 aliphatic heterocycles. The molecular formula is C19H18N2OS. The molecule has 4 heteroatoms. The Hall–Kier alpha value is -2.38. The summed E-state index contributed by atoms with van der Waals surface area (Å²) >= 11 is 1.55. The van der Waals surface area contributed by atoms with Gasteiger partial charge >= 0.3 is 0 Å². The first-order valence-corrected chi connectivity index (χ1v) is 8.59. The third-order valence-electron chi connectivity index (χ3n) is 3.99. The highest BCUT2D eigenvalue weighted by Gasteiger charge is 2.21. The molecule has 0 spiro atoms. The van der Waals surface area contributed by atoms with E-state index in [0.717, 1.165) is 36.0 Å². The Balaban J connectivity index is 1.76. The predicted molar refractivity (Wildman–Crippen MR) is 94.5 cm³/mol. The number of aryl methyl sites for hydroxylation is 2. The summed E-state index contributed by atoms with van der Waals surface area (Å²) in [7, 11) is 0. The van der Waals surface area contributed by atoms with E-state index >= 15 is 0 Å². The van der Waals surface area contributed by atoms with Crippen LogP contribution < -0.4 is 5.32 Å². The standard InChI is InChI=1S/C19H18N2OS/c1-13-5-4-6-14(11-13)9-10-18(22)21-19-16(12-20)15-7-2-3-8-17(15)23-19/h4-6,9-11H,2-3,7-8H2,1H3,(H,21,22)/b10-9+. The molecule has 1 N–H and O–H groups in total. The maximum atomic E-state index is 12.2. The lowest BCUT2D eigenvalue weighted by molar-refractivity contribution is -0.111. The van der Waals surface area contributed by atoms with Gasteiger partial charge in [-0.2, -0.15) is 5.26 Å². The molecule has 0 radical (unpaired) electrons. The quantitative estimate of drug-likeness (QED) is 0.848. The highest BCUT2D eigenvalue weighted by Crippen LogP contribution is 2.37. The second kappa shape index (κ2) is 6.80. The Morgan fingerprint density at radius 3 is 2.96 bits per heavy atom. The number of nitrogens with one attached hydrogen (secondary N) is 1. The summed E-state index contributed by atoms with van der Waals surface area (Å²) in [5.41, 5.74) is 3.94. The van der Waals surface area contributed by atoms with Gasteiger partial charge < -0.3 is 5.32 Å². The van der Waals surface area contributed by atoms with Crippen LogP contribution in [0.2, 0.25) is 0 Å². The molecule has 0 saturated carbocycles. The minimum Gasteiger partial charge on any atom is -0.313 e. The molecule has 1 aromatic heterocycles. The lowest BCUT2D eigenvalue weighted by Crippen LogP contribution is -2.07. The third kappa shape index (κ3) is 3.52. The molecule has 116 valence electrons. The van der Waals surface area contributed by atoms with Crippen molar-refractivity contribution >= 4 is 28.3 Å². The zero-order chi connectivity index (χ0) is 16.2. The molecule has 3 nitrogen and oxygen atoms in total. The van der Waals surface area contributed by atoms with Crippen LogP contribution in [0.5, 0.6) is 0 Å². The average Bonchev–Trinajstić information content (AvgIpc) is 2.90. The van der Waals surface area contributed by atoms with Crippen LogP contribution in [0.25, 0.3) is 6.08 Å². The first-order valence-electron chi connectivity index (χ1n) is 7.78. The molecular weight excluding hydrogens is 304 g/mol. The van der Waals surface area contributed by atoms with Crippen LogP contribution in [0.4, 0.5) is 5.00 Å². The summed E-state index contributed by atoms with van der Waals surface area (Å²) < 4.78 is 0. The number of hydrogen-bond donors (Lipinski definition) is 1. The number of nitrogens with zero attached hydrogens (tertiary/aromatic N) is 1. The second-order valence-electron chi connectivity index (χ2n) is 5.76. The molecule has 1 amide bonds. The van der Waals surface area contributed by atoms with Gasteiger partial charge in [-0.1, -0.05) is 29.8 Å². The largest absolute Gasteiger partial charge is 0.313 e. The number of benzene rings is 1. The molecule has 1 aromatic carbocycles. The number of amides is 1. The Bertz CT molecular complexity index is 811. The molecule has 0 unspecified atom stereocenters. The van der Waals surface area contributed by atoms with Crippen molar-refractivity contribution < 1.29 is 4.79 Å². The minimum atomic E-state index is -0.193. The molecule has 0 bridgehead atoms. The van der Waals surface area contributed by atoms with Crippen molar-refractivity contribution in [3.8, 4) is 6.07 Å². The van der Waals surface area contributed by atoms with Gasteiger partial charge in [0.2, 0.25) is 5.91 Å². The normalized spacial score (nSPS) is 13.6. The maximum absolute atomic E-state index is 12.2. The lowest BCUT2D eigenvalue weighted by Gasteiger charge is -2.09. The van der Waals surface area contributed by atoms with Crippen molar-refractivity contribution in [3.63, 3.8) is 0 Å². The van der Waals surface area contributed by atoms with E-state index in [1.807, 2.05) is 31.2 Å². The van der Waals surface area contributed by atoms with Crippen molar-refractivity contribution in [1.82, 2.24) is 0 Å². The van der Waals surface area contributed by atoms with E-state index in [1.165, 1.54) is 17.4 Å². The van der Waals surface area contributed by atoms with E-state index < -0.39 is 0 Å². The Morgan fingerprint density at radius 2 is 2.17 bits per heavy atom. The summed E-state index contributed by atoms with van der Waals surface area (Å²) in [6.07, 6.45) is 7.57. The average molecular weight is 322 g/mol. The van der Waals surface area contributed by atoms with Gasteiger partial charge in [-0.25, -0.2) is 0 Å². The fourth-order valence-electron chi connectivity index (χ4n) is 2.87. The summed E-state index contributed by atoms with van der Waals surface area (Å²) in [6, 6.07) is 10.2. The highest BCUT2D eigenvalue weighted by molar-refractivity contribution is 7.16. The molecule has 1 aliphatic rings. The van der Waals surface area contributed by atoms with Crippen LogP contribution in [-0.4, -0.2) is 5.91 Å². The van der Waals surface area contributed by atoms with E-state index in [9.17, 15) is 10.1 Å². The highest BCUT2D eigenvalue weighted by atomic mass is 32.1. The second-order valence-corrected chi connectivity index (χ2v) is 6.87. The number of rotatable bonds is 3. The Kier molecular flexibility index (Phi) is 4.59. The van der Waals surface area contributed by atoms with Gasteiger partial charge in [0.15, 0.2) is 0 Å². The fourth-order valence-corrected chi connectivity index (χ4v) is 4.11. The van der Waals surface area contributed by atoms with Crippen molar-refractivity contribution in [2.45, 2.75) is 32.6 Å². The van der Waals surface area contributed by atoms with E-state index in [4.69, 9.17) is 0 Å². The zero-order valence-corrected chi connectivity index (χ0v) is 13.9. The number of hydrogen-bond acceptors (Lipinski definition) is 3. The van der Waals surface area contributed by atoms with Gasteiger partial charge in [0.25, 0.3) is 0 Å². The molecule has 0 atom stereocenters. The van der Waals surface area contributed by atoms with Crippen molar-refractivity contribution in [2.75, 3.05) is 5.32 Å². The van der Waals surface area contributed by atoms with Gasteiger partial charge in [-0.3, -0.25) is 4.79 Å². The minimum absolute atomic E-state index is 0.193. The Labute approximate surface area is 140 Å². The van der Waals surface area contributed by atoms with E-state index in [0.29, 0.717) is 10.6 Å². The van der Waals surface area contributed by atoms with Crippen LogP contribution in [0.15, 0.2) is 30.3 Å². The van der Waals surface area contributed by atoms with Gasteiger partial charge in [-0.05, 0) is 49.8 Å². The van der Waals surface area contributed by atoms with E-state index in [2.05, 4.69) is 11.4 Å². The predicted octanol–water partition coefficient (Wildman–Crippen LogP) is 4.46.